The Hall–Kier alpha value is -2.53. The van der Waals surface area contributed by atoms with Crippen LogP contribution >= 0.6 is 11.6 Å². The van der Waals surface area contributed by atoms with Gasteiger partial charge in [-0.1, -0.05) is 17.7 Å². The van der Waals surface area contributed by atoms with E-state index in [1.165, 1.54) is 0 Å². The molecule has 0 spiro atoms. The number of nitrogens with one attached hydrogen (secondary N) is 2. The summed E-state index contributed by atoms with van der Waals surface area (Å²) in [5.41, 5.74) is 1.73. The van der Waals surface area contributed by atoms with Crippen LogP contribution in [0.5, 0.6) is 0 Å². The molecule has 0 saturated carbocycles. The third-order valence-electron chi connectivity index (χ3n) is 3.52. The van der Waals surface area contributed by atoms with Gasteiger partial charge in [-0.2, -0.15) is 0 Å². The highest BCUT2D eigenvalue weighted by molar-refractivity contribution is 6.30. The van der Waals surface area contributed by atoms with Gasteiger partial charge in [-0.15, -0.1) is 0 Å². The number of rotatable bonds is 5. The van der Waals surface area contributed by atoms with Gasteiger partial charge in [0.15, 0.2) is 0 Å². The Morgan fingerprint density at radius 1 is 0.958 bits per heavy atom. The number of nitrogens with zero attached hydrogens (tertiary/aromatic N) is 1. The summed E-state index contributed by atoms with van der Waals surface area (Å²) < 4.78 is 0. The second-order valence-corrected chi connectivity index (χ2v) is 5.58. The largest absolute Gasteiger partial charge is 0.339 e. The predicted octanol–water partition coefficient (Wildman–Crippen LogP) is 4.47. The zero-order chi connectivity index (χ0) is 17.5. The summed E-state index contributed by atoms with van der Waals surface area (Å²) in [6.07, 6.45) is 0. The third kappa shape index (κ3) is 4.73. The van der Waals surface area contributed by atoms with Crippen LogP contribution in [-0.4, -0.2) is 29.9 Å². The van der Waals surface area contributed by atoms with Crippen LogP contribution in [0.15, 0.2) is 48.5 Å². The molecule has 126 valence electrons. The van der Waals surface area contributed by atoms with Crippen molar-refractivity contribution in [2.45, 2.75) is 13.8 Å². The molecule has 0 radical (unpaired) electrons. The molecule has 0 heterocycles. The first kappa shape index (κ1) is 17.8. The fourth-order valence-corrected chi connectivity index (χ4v) is 2.38. The smallest absolute Gasteiger partial charge is 0.323 e. The van der Waals surface area contributed by atoms with Gasteiger partial charge in [-0.05, 0) is 56.3 Å². The van der Waals surface area contributed by atoms with E-state index in [0.717, 1.165) is 0 Å². The summed E-state index contributed by atoms with van der Waals surface area (Å²) in [4.78, 5) is 26.1. The lowest BCUT2D eigenvalue weighted by Crippen LogP contribution is -2.30. The Kier molecular flexibility index (Phi) is 6.21. The maximum absolute atomic E-state index is 12.4. The Bertz CT molecular complexity index is 712. The van der Waals surface area contributed by atoms with E-state index in [1.54, 1.807) is 53.4 Å². The fraction of sp³-hybridized carbons (Fsp3) is 0.222. The molecule has 3 amide bonds. The van der Waals surface area contributed by atoms with E-state index < -0.39 is 0 Å². The fourth-order valence-electron chi connectivity index (χ4n) is 2.25. The van der Waals surface area contributed by atoms with Crippen molar-refractivity contribution in [3.8, 4) is 0 Å². The van der Waals surface area contributed by atoms with Crippen LogP contribution in [-0.2, 0) is 0 Å². The van der Waals surface area contributed by atoms with Gasteiger partial charge >= 0.3 is 6.03 Å². The average Bonchev–Trinajstić information content (AvgIpc) is 2.58. The van der Waals surface area contributed by atoms with Gasteiger partial charge in [0, 0.05) is 35.1 Å². The van der Waals surface area contributed by atoms with Gasteiger partial charge in [0.2, 0.25) is 0 Å². The second kappa shape index (κ2) is 8.36. The highest BCUT2D eigenvalue weighted by atomic mass is 35.5. The lowest BCUT2D eigenvalue weighted by Gasteiger charge is -2.19. The summed E-state index contributed by atoms with van der Waals surface area (Å²) in [7, 11) is 0. The molecule has 2 aromatic carbocycles. The molecule has 24 heavy (non-hydrogen) atoms. The number of carbonyl (C=O) groups is 2. The van der Waals surface area contributed by atoms with Gasteiger partial charge in [0.1, 0.15) is 0 Å². The van der Waals surface area contributed by atoms with Crippen molar-refractivity contribution in [2.24, 2.45) is 0 Å². The summed E-state index contributed by atoms with van der Waals surface area (Å²) in [5.74, 6) is -0.0539. The Labute approximate surface area is 146 Å². The Morgan fingerprint density at radius 3 is 2.21 bits per heavy atom. The number of halogens is 1. The van der Waals surface area contributed by atoms with Gasteiger partial charge in [0.25, 0.3) is 5.91 Å². The van der Waals surface area contributed by atoms with Crippen LogP contribution in [0.4, 0.5) is 16.2 Å². The highest BCUT2D eigenvalue weighted by Crippen LogP contribution is 2.15. The third-order valence-corrected chi connectivity index (χ3v) is 3.77. The second-order valence-electron chi connectivity index (χ2n) is 5.14. The molecule has 6 heteroatoms. The first-order valence-corrected chi connectivity index (χ1v) is 8.14. The minimum Gasteiger partial charge on any atom is -0.339 e. The normalized spacial score (nSPS) is 10.1. The standard InChI is InChI=1S/C18H20ClN3O2/c1-3-22(4-2)17(23)13-6-5-7-16(12-13)21-18(24)20-15-10-8-14(19)9-11-15/h5-12H,3-4H2,1-2H3,(H2,20,21,24). The van der Waals surface area contributed by atoms with Crippen molar-refractivity contribution in [1.29, 1.82) is 0 Å². The molecule has 0 aliphatic heterocycles. The van der Waals surface area contributed by atoms with E-state index in [9.17, 15) is 9.59 Å². The van der Waals surface area contributed by atoms with E-state index in [0.29, 0.717) is 35.1 Å². The molecule has 0 aliphatic rings. The molecule has 5 nitrogen and oxygen atoms in total. The minimum atomic E-state index is -0.384. The zero-order valence-electron chi connectivity index (χ0n) is 13.7. The van der Waals surface area contributed by atoms with Gasteiger partial charge < -0.3 is 15.5 Å². The molecular formula is C18H20ClN3O2. The molecule has 0 fully saturated rings. The topological polar surface area (TPSA) is 61.4 Å². The number of anilines is 2. The maximum atomic E-state index is 12.4. The van der Waals surface area contributed by atoms with Crippen LogP contribution in [0, 0.1) is 0 Å². The molecular weight excluding hydrogens is 326 g/mol. The van der Waals surface area contributed by atoms with E-state index in [-0.39, 0.29) is 11.9 Å². The minimum absolute atomic E-state index is 0.0539. The number of urea groups is 1. The van der Waals surface area contributed by atoms with Gasteiger partial charge in [-0.25, -0.2) is 4.79 Å². The number of hydrogen-bond acceptors (Lipinski definition) is 2. The summed E-state index contributed by atoms with van der Waals surface area (Å²) in [5, 5.41) is 6.03. The lowest BCUT2D eigenvalue weighted by molar-refractivity contribution is 0.0773. The highest BCUT2D eigenvalue weighted by Gasteiger charge is 2.13. The first-order valence-electron chi connectivity index (χ1n) is 7.76. The van der Waals surface area contributed by atoms with Crippen LogP contribution in [0.25, 0.3) is 0 Å². The number of amides is 3. The van der Waals surface area contributed by atoms with Crippen molar-refractivity contribution in [3.05, 3.63) is 59.1 Å². The van der Waals surface area contributed by atoms with Crippen molar-refractivity contribution in [1.82, 2.24) is 4.90 Å². The Morgan fingerprint density at radius 2 is 1.58 bits per heavy atom. The lowest BCUT2D eigenvalue weighted by atomic mass is 10.1. The molecule has 0 aromatic heterocycles. The van der Waals surface area contributed by atoms with Crippen molar-refractivity contribution in [3.63, 3.8) is 0 Å². The van der Waals surface area contributed by atoms with Crippen LogP contribution in [0.3, 0.4) is 0 Å². The van der Waals surface area contributed by atoms with Gasteiger partial charge in [-0.3, -0.25) is 4.79 Å². The van der Waals surface area contributed by atoms with E-state index >= 15 is 0 Å². The summed E-state index contributed by atoms with van der Waals surface area (Å²) >= 11 is 5.81. The maximum Gasteiger partial charge on any atom is 0.323 e. The molecule has 2 rings (SSSR count). The van der Waals surface area contributed by atoms with Gasteiger partial charge in [0.05, 0.1) is 0 Å². The van der Waals surface area contributed by atoms with Crippen LogP contribution in [0.2, 0.25) is 5.02 Å². The first-order chi connectivity index (χ1) is 11.5. The van der Waals surface area contributed by atoms with E-state index in [1.807, 2.05) is 13.8 Å². The number of benzene rings is 2. The molecule has 0 saturated heterocycles. The summed E-state index contributed by atoms with van der Waals surface area (Å²) in [6.45, 7) is 5.15. The average molecular weight is 346 g/mol. The van der Waals surface area contributed by atoms with Crippen LogP contribution < -0.4 is 10.6 Å². The molecule has 2 aromatic rings. The Balaban J connectivity index is 2.04. The van der Waals surface area contributed by atoms with E-state index in [2.05, 4.69) is 10.6 Å². The summed E-state index contributed by atoms with van der Waals surface area (Å²) in [6, 6.07) is 13.3. The predicted molar refractivity (Wildman–Crippen MR) is 97.8 cm³/mol. The number of hydrogen-bond donors (Lipinski definition) is 2. The quantitative estimate of drug-likeness (QED) is 0.840. The van der Waals surface area contributed by atoms with Crippen LogP contribution in [0.1, 0.15) is 24.2 Å². The van der Waals surface area contributed by atoms with E-state index in [4.69, 9.17) is 11.6 Å². The molecule has 0 atom stereocenters. The van der Waals surface area contributed by atoms with Crippen molar-refractivity contribution < 1.29 is 9.59 Å². The molecule has 0 bridgehead atoms. The molecule has 0 unspecified atom stereocenters. The molecule has 2 N–H and O–H groups in total. The monoisotopic (exact) mass is 345 g/mol. The van der Waals surface area contributed by atoms with Crippen molar-refractivity contribution >= 4 is 34.9 Å². The van der Waals surface area contributed by atoms with Crippen molar-refractivity contribution in [2.75, 3.05) is 23.7 Å². The number of carbonyl (C=O) groups excluding carboxylic acids is 2. The molecule has 0 aliphatic carbocycles. The SMILES string of the molecule is CCN(CC)C(=O)c1cccc(NC(=O)Nc2ccc(Cl)cc2)c1. The zero-order valence-corrected chi connectivity index (χ0v) is 14.4.